The van der Waals surface area contributed by atoms with Gasteiger partial charge in [-0.2, -0.15) is 0 Å². The van der Waals surface area contributed by atoms with Gasteiger partial charge in [0.15, 0.2) is 0 Å². The molecule has 1 aliphatic rings. The number of carbonyl (C=O) groups is 1. The van der Waals surface area contributed by atoms with E-state index < -0.39 is 0 Å². The Labute approximate surface area is 99.1 Å². The first kappa shape index (κ1) is 13.3. The number of hydrogen-bond acceptors (Lipinski definition) is 2. The summed E-state index contributed by atoms with van der Waals surface area (Å²) in [6, 6.07) is 0. The highest BCUT2D eigenvalue weighted by molar-refractivity contribution is 5.71. The van der Waals surface area contributed by atoms with Gasteiger partial charge >= 0.3 is 5.97 Å². The number of unbranched alkanes of at least 4 members (excludes halogenated alkanes) is 6. The van der Waals surface area contributed by atoms with Crippen LogP contribution in [0.4, 0.5) is 0 Å². The van der Waals surface area contributed by atoms with E-state index in [2.05, 4.69) is 19.1 Å². The average Bonchev–Trinajstić information content (AvgIpc) is 2.68. The van der Waals surface area contributed by atoms with Gasteiger partial charge < -0.3 is 4.74 Å². The minimum Gasteiger partial charge on any atom is -0.458 e. The third kappa shape index (κ3) is 5.94. The smallest absolute Gasteiger partial charge is 0.306 e. The van der Waals surface area contributed by atoms with Crippen LogP contribution in [0.25, 0.3) is 0 Å². The summed E-state index contributed by atoms with van der Waals surface area (Å²) in [5, 5.41) is 0. The number of esters is 1. The van der Waals surface area contributed by atoms with Crippen molar-refractivity contribution in [2.75, 3.05) is 0 Å². The zero-order valence-corrected chi connectivity index (χ0v) is 10.4. The Kier molecular flexibility index (Phi) is 6.95. The zero-order valence-electron chi connectivity index (χ0n) is 10.4. The maximum atomic E-state index is 10.8. The Morgan fingerprint density at radius 1 is 1.25 bits per heavy atom. The third-order valence-electron chi connectivity index (χ3n) is 2.99. The first-order valence-electron chi connectivity index (χ1n) is 6.69. The van der Waals surface area contributed by atoms with Gasteiger partial charge in [-0.1, -0.05) is 45.1 Å². The van der Waals surface area contributed by atoms with E-state index in [1.54, 1.807) is 0 Å². The SMILES string of the molecule is CCCCCCCC/C=C\[C@@H]1CCC(=O)O1. The van der Waals surface area contributed by atoms with Gasteiger partial charge in [0, 0.05) is 6.42 Å². The lowest BCUT2D eigenvalue weighted by Gasteiger charge is -2.01. The van der Waals surface area contributed by atoms with E-state index in [0.717, 1.165) is 12.8 Å². The maximum absolute atomic E-state index is 10.8. The molecule has 0 aromatic rings. The third-order valence-corrected chi connectivity index (χ3v) is 2.99. The number of cyclic esters (lactones) is 1. The Morgan fingerprint density at radius 3 is 2.69 bits per heavy atom. The van der Waals surface area contributed by atoms with Crippen molar-refractivity contribution in [3.8, 4) is 0 Å². The summed E-state index contributed by atoms with van der Waals surface area (Å²) in [6.07, 6.45) is 14.9. The van der Waals surface area contributed by atoms with E-state index in [-0.39, 0.29) is 12.1 Å². The van der Waals surface area contributed by atoms with Gasteiger partial charge in [0.25, 0.3) is 0 Å². The Bertz CT molecular complexity index is 221. The number of hydrogen-bond donors (Lipinski definition) is 0. The quantitative estimate of drug-likeness (QED) is 0.354. The second-order valence-corrected chi connectivity index (χ2v) is 4.55. The molecule has 0 aromatic heterocycles. The van der Waals surface area contributed by atoms with Crippen LogP contribution in [-0.4, -0.2) is 12.1 Å². The van der Waals surface area contributed by atoms with E-state index in [1.807, 2.05) is 0 Å². The molecule has 1 aliphatic heterocycles. The van der Waals surface area contributed by atoms with Crippen molar-refractivity contribution in [2.24, 2.45) is 0 Å². The minimum atomic E-state index is -0.0470. The summed E-state index contributed by atoms with van der Waals surface area (Å²) in [4.78, 5) is 10.8. The lowest BCUT2D eigenvalue weighted by atomic mass is 10.1. The lowest BCUT2D eigenvalue weighted by molar-refractivity contribution is -0.139. The van der Waals surface area contributed by atoms with E-state index in [1.165, 1.54) is 38.5 Å². The highest BCUT2D eigenvalue weighted by Crippen LogP contribution is 2.15. The molecule has 16 heavy (non-hydrogen) atoms. The predicted molar refractivity (Wildman–Crippen MR) is 66.2 cm³/mol. The number of allylic oxidation sites excluding steroid dienone is 1. The molecule has 92 valence electrons. The van der Waals surface area contributed by atoms with Gasteiger partial charge in [-0.3, -0.25) is 4.79 Å². The van der Waals surface area contributed by atoms with Crippen molar-refractivity contribution in [3.05, 3.63) is 12.2 Å². The molecule has 0 aromatic carbocycles. The predicted octanol–water partition coefficient (Wildman–Crippen LogP) is 4.00. The molecule has 0 aliphatic carbocycles. The summed E-state index contributed by atoms with van der Waals surface area (Å²) in [7, 11) is 0. The molecule has 2 nitrogen and oxygen atoms in total. The molecule has 0 bridgehead atoms. The minimum absolute atomic E-state index is 0.0470. The van der Waals surface area contributed by atoms with Crippen LogP contribution in [0.15, 0.2) is 12.2 Å². The Balaban J connectivity index is 1.90. The average molecular weight is 224 g/mol. The molecule has 1 saturated heterocycles. The van der Waals surface area contributed by atoms with Crippen molar-refractivity contribution in [2.45, 2.75) is 70.8 Å². The van der Waals surface area contributed by atoms with E-state index in [4.69, 9.17) is 4.74 Å². The number of rotatable bonds is 8. The van der Waals surface area contributed by atoms with Crippen molar-refractivity contribution in [1.82, 2.24) is 0 Å². The summed E-state index contributed by atoms with van der Waals surface area (Å²) in [5.41, 5.74) is 0. The van der Waals surface area contributed by atoms with Gasteiger partial charge in [-0.15, -0.1) is 0 Å². The van der Waals surface area contributed by atoms with Crippen molar-refractivity contribution < 1.29 is 9.53 Å². The van der Waals surface area contributed by atoms with Crippen LogP contribution in [0.1, 0.15) is 64.7 Å². The van der Waals surface area contributed by atoms with Crippen LogP contribution in [0.3, 0.4) is 0 Å². The highest BCUT2D eigenvalue weighted by Gasteiger charge is 2.19. The monoisotopic (exact) mass is 224 g/mol. The van der Waals surface area contributed by atoms with Gasteiger partial charge in [-0.25, -0.2) is 0 Å². The molecule has 2 heteroatoms. The zero-order chi connectivity index (χ0) is 11.6. The van der Waals surface area contributed by atoms with Crippen molar-refractivity contribution in [3.63, 3.8) is 0 Å². The summed E-state index contributed by atoms with van der Waals surface area (Å²) in [6.45, 7) is 2.24. The molecule has 1 heterocycles. The maximum Gasteiger partial charge on any atom is 0.306 e. The summed E-state index contributed by atoms with van der Waals surface area (Å²) >= 11 is 0. The fourth-order valence-electron chi connectivity index (χ4n) is 1.97. The van der Waals surface area contributed by atoms with Crippen molar-refractivity contribution in [1.29, 1.82) is 0 Å². The summed E-state index contributed by atoms with van der Waals surface area (Å²) in [5.74, 6) is -0.0470. The van der Waals surface area contributed by atoms with Crippen LogP contribution in [0.2, 0.25) is 0 Å². The molecule has 0 radical (unpaired) electrons. The molecule has 0 N–H and O–H groups in total. The fraction of sp³-hybridized carbons (Fsp3) is 0.786. The van der Waals surface area contributed by atoms with E-state index in [9.17, 15) is 4.79 Å². The molecule has 0 saturated carbocycles. The van der Waals surface area contributed by atoms with E-state index in [0.29, 0.717) is 6.42 Å². The molecular formula is C14H24O2. The van der Waals surface area contributed by atoms with Crippen LogP contribution < -0.4 is 0 Å². The van der Waals surface area contributed by atoms with Crippen molar-refractivity contribution >= 4 is 5.97 Å². The van der Waals surface area contributed by atoms with Gasteiger partial charge in [-0.05, 0) is 25.3 Å². The van der Waals surface area contributed by atoms with Crippen LogP contribution in [-0.2, 0) is 9.53 Å². The second kappa shape index (κ2) is 8.37. The van der Waals surface area contributed by atoms with Gasteiger partial charge in [0.2, 0.25) is 0 Å². The first-order chi connectivity index (χ1) is 7.83. The van der Waals surface area contributed by atoms with Crippen LogP contribution in [0, 0.1) is 0 Å². The fourth-order valence-corrected chi connectivity index (χ4v) is 1.97. The van der Waals surface area contributed by atoms with Crippen LogP contribution >= 0.6 is 0 Å². The molecule has 0 spiro atoms. The highest BCUT2D eigenvalue weighted by atomic mass is 16.5. The standard InChI is InChI=1S/C14H24O2/c1-2-3-4-5-6-7-8-9-10-13-11-12-14(15)16-13/h9-10,13H,2-8,11-12H2,1H3/b10-9-/t13-/m1/s1. The lowest BCUT2D eigenvalue weighted by Crippen LogP contribution is -2.01. The normalized spacial score (nSPS) is 20.6. The largest absolute Gasteiger partial charge is 0.458 e. The number of carbonyl (C=O) groups excluding carboxylic acids is 1. The second-order valence-electron chi connectivity index (χ2n) is 4.55. The molecule has 0 unspecified atom stereocenters. The molecule has 1 fully saturated rings. The first-order valence-corrected chi connectivity index (χ1v) is 6.69. The Hall–Kier alpha value is -0.790. The Morgan fingerprint density at radius 2 is 2.00 bits per heavy atom. The molecule has 1 rings (SSSR count). The molecular weight excluding hydrogens is 200 g/mol. The number of ether oxygens (including phenoxy) is 1. The summed E-state index contributed by atoms with van der Waals surface area (Å²) < 4.78 is 5.10. The molecule has 0 amide bonds. The van der Waals surface area contributed by atoms with Gasteiger partial charge in [0.05, 0.1) is 0 Å². The van der Waals surface area contributed by atoms with E-state index >= 15 is 0 Å². The van der Waals surface area contributed by atoms with Crippen LogP contribution in [0.5, 0.6) is 0 Å². The topological polar surface area (TPSA) is 26.3 Å². The van der Waals surface area contributed by atoms with Gasteiger partial charge in [0.1, 0.15) is 6.10 Å². The molecule has 1 atom stereocenters.